The van der Waals surface area contributed by atoms with Gasteiger partial charge < -0.3 is 14.3 Å². The SMILES string of the molecule is O=[C-]C1CC([C-]=O)CC2(CC(=O)OC2=O)C1.[U+2]. The van der Waals surface area contributed by atoms with Crippen molar-refractivity contribution in [2.45, 2.75) is 25.7 Å². The van der Waals surface area contributed by atoms with Gasteiger partial charge in [0.15, 0.2) is 0 Å². The van der Waals surface area contributed by atoms with Gasteiger partial charge in [0.1, 0.15) is 0 Å². The fourth-order valence-corrected chi connectivity index (χ4v) is 2.62. The van der Waals surface area contributed by atoms with E-state index in [0.29, 0.717) is 6.42 Å². The van der Waals surface area contributed by atoms with Gasteiger partial charge in [0, 0.05) is 0 Å². The predicted octanol–water partition coefficient (Wildman–Crippen LogP) is 0.0820. The molecule has 2 aliphatic rings. The molecule has 1 spiro atoms. The van der Waals surface area contributed by atoms with Crippen LogP contribution in [0.1, 0.15) is 25.7 Å². The van der Waals surface area contributed by atoms with Crippen LogP contribution < -0.4 is 0 Å². The number of cyclic esters (lactones) is 2. The van der Waals surface area contributed by atoms with Gasteiger partial charge in [-0.25, -0.2) is 0 Å². The molecule has 17 heavy (non-hydrogen) atoms. The first kappa shape index (κ1) is 14.6. The summed E-state index contributed by atoms with van der Waals surface area (Å²) >= 11 is 0. The summed E-state index contributed by atoms with van der Waals surface area (Å²) in [5.74, 6) is -2.17. The van der Waals surface area contributed by atoms with Crippen LogP contribution in [-0.4, -0.2) is 24.5 Å². The van der Waals surface area contributed by atoms with Crippen LogP contribution in [0.25, 0.3) is 0 Å². The van der Waals surface area contributed by atoms with Gasteiger partial charge >= 0.3 is 43.1 Å². The van der Waals surface area contributed by atoms with E-state index in [1.807, 2.05) is 0 Å². The number of hydrogen-bond donors (Lipinski definition) is 0. The van der Waals surface area contributed by atoms with Crippen molar-refractivity contribution in [3.05, 3.63) is 0 Å². The molecule has 1 heterocycles. The monoisotopic (exact) mass is 460 g/mol. The fourth-order valence-electron chi connectivity index (χ4n) is 2.62. The smallest absolute Gasteiger partial charge is 0.542 e. The summed E-state index contributed by atoms with van der Waals surface area (Å²) in [4.78, 5) is 44.0. The summed E-state index contributed by atoms with van der Waals surface area (Å²) in [6.45, 7) is 0. The Hall–Kier alpha value is -0.468. The van der Waals surface area contributed by atoms with E-state index in [4.69, 9.17) is 0 Å². The zero-order valence-electron chi connectivity index (χ0n) is 9.02. The van der Waals surface area contributed by atoms with Crippen LogP contribution >= 0.6 is 0 Å². The number of hydrogen-bond acceptors (Lipinski definition) is 5. The van der Waals surface area contributed by atoms with Crippen LogP contribution in [0.5, 0.6) is 0 Å². The Balaban J connectivity index is 0.00000144. The average Bonchev–Trinajstić information content (AvgIpc) is 2.52. The Labute approximate surface area is 122 Å². The van der Waals surface area contributed by atoms with Crippen molar-refractivity contribution >= 4 is 24.5 Å². The maximum absolute atomic E-state index is 11.6. The Morgan fingerprint density at radius 2 is 1.65 bits per heavy atom. The number of ether oxygens (including phenoxy) is 1. The van der Waals surface area contributed by atoms with Crippen LogP contribution in [0.15, 0.2) is 0 Å². The Kier molecular flexibility index (Phi) is 4.68. The molecule has 1 aliphatic carbocycles. The van der Waals surface area contributed by atoms with E-state index in [9.17, 15) is 19.2 Å². The van der Waals surface area contributed by atoms with Crippen molar-refractivity contribution in [2.75, 3.05) is 0 Å². The predicted molar refractivity (Wildman–Crippen MR) is 50.4 cm³/mol. The number of rotatable bonds is 2. The molecule has 2 atom stereocenters. The van der Waals surface area contributed by atoms with E-state index in [2.05, 4.69) is 4.74 Å². The minimum Gasteiger partial charge on any atom is -0.542 e. The van der Waals surface area contributed by atoms with Gasteiger partial charge in [-0.2, -0.15) is 0 Å². The van der Waals surface area contributed by atoms with Crippen LogP contribution in [-0.2, 0) is 23.9 Å². The van der Waals surface area contributed by atoms with Gasteiger partial charge in [-0.05, 0) is 0 Å². The standard InChI is InChI=1S/C11H10O5.U/c12-5-7-1-8(6-13)3-11(2-7)4-9(14)16-10(11)15;/h7-8H,1-4H2;/q-2;+2. The fraction of sp³-hybridized carbons (Fsp3) is 0.636. The largest absolute Gasteiger partial charge is 2.00 e. The molecule has 5 nitrogen and oxygen atoms in total. The molecule has 1 aliphatic heterocycles. The third-order valence-electron chi connectivity index (χ3n) is 3.30. The third kappa shape index (κ3) is 2.69. The molecule has 2 unspecified atom stereocenters. The quantitative estimate of drug-likeness (QED) is 0.332. The van der Waals surface area contributed by atoms with Gasteiger partial charge in [0.05, 0.1) is 11.8 Å². The van der Waals surface area contributed by atoms with Crippen LogP contribution in [0.2, 0.25) is 0 Å². The molecule has 0 aromatic carbocycles. The minimum atomic E-state index is -0.987. The topological polar surface area (TPSA) is 77.5 Å². The van der Waals surface area contributed by atoms with Gasteiger partial charge in [-0.3, -0.25) is 22.2 Å². The molecule has 0 aromatic heterocycles. The van der Waals surface area contributed by atoms with E-state index in [1.165, 1.54) is 0 Å². The number of carbonyl (C=O) groups is 2. The Bertz CT molecular complexity index is 349. The molecular formula is C11H10O5U. The molecule has 2 fully saturated rings. The molecule has 0 amide bonds. The first-order valence-corrected chi connectivity index (χ1v) is 5.10. The van der Waals surface area contributed by atoms with Gasteiger partial charge in [0.25, 0.3) is 0 Å². The molecular weight excluding hydrogens is 450 g/mol. The summed E-state index contributed by atoms with van der Waals surface area (Å²) in [5, 5.41) is 0. The summed E-state index contributed by atoms with van der Waals surface area (Å²) in [5.41, 5.74) is -0.987. The van der Waals surface area contributed by atoms with Crippen molar-refractivity contribution in [1.82, 2.24) is 0 Å². The Morgan fingerprint density at radius 3 is 2.00 bits per heavy atom. The number of carbonyl (C=O) groups excluding carboxylic acids is 4. The van der Waals surface area contributed by atoms with Crippen LogP contribution in [0.4, 0.5) is 0 Å². The van der Waals surface area contributed by atoms with E-state index >= 15 is 0 Å². The maximum atomic E-state index is 11.6. The summed E-state index contributed by atoms with van der Waals surface area (Å²) in [6, 6.07) is 0. The summed E-state index contributed by atoms with van der Waals surface area (Å²) < 4.78 is 4.50. The van der Waals surface area contributed by atoms with E-state index in [-0.39, 0.29) is 50.4 Å². The van der Waals surface area contributed by atoms with Crippen molar-refractivity contribution in [3.8, 4) is 0 Å². The Morgan fingerprint density at radius 1 is 1.12 bits per heavy atom. The normalized spacial score (nSPS) is 36.2. The van der Waals surface area contributed by atoms with E-state index < -0.39 is 29.2 Å². The summed E-state index contributed by atoms with van der Waals surface area (Å²) in [6.07, 6.45) is 4.43. The van der Waals surface area contributed by atoms with Crippen molar-refractivity contribution < 1.29 is 55.0 Å². The molecule has 0 N–H and O–H groups in total. The number of esters is 2. The third-order valence-corrected chi connectivity index (χ3v) is 3.30. The van der Waals surface area contributed by atoms with E-state index in [0.717, 1.165) is 0 Å². The molecule has 1 saturated carbocycles. The molecule has 0 bridgehead atoms. The maximum Gasteiger partial charge on any atom is 2.00 e. The van der Waals surface area contributed by atoms with Gasteiger partial charge in [-0.15, -0.1) is 11.8 Å². The van der Waals surface area contributed by atoms with Crippen LogP contribution in [0, 0.1) is 48.4 Å². The van der Waals surface area contributed by atoms with Crippen molar-refractivity contribution in [1.29, 1.82) is 0 Å². The molecule has 1 saturated heterocycles. The first-order chi connectivity index (χ1) is 7.59. The second-order valence-corrected chi connectivity index (χ2v) is 4.49. The molecule has 0 aromatic rings. The van der Waals surface area contributed by atoms with Crippen molar-refractivity contribution in [2.24, 2.45) is 17.3 Å². The van der Waals surface area contributed by atoms with Crippen LogP contribution in [0.3, 0.4) is 0 Å². The molecule has 0 radical (unpaired) electrons. The molecule has 6 heteroatoms. The molecule has 88 valence electrons. The van der Waals surface area contributed by atoms with E-state index in [1.54, 1.807) is 12.6 Å². The zero-order chi connectivity index (χ0) is 11.8. The second kappa shape index (κ2) is 5.45. The van der Waals surface area contributed by atoms with Gasteiger partial charge in [-0.1, -0.05) is 19.3 Å². The minimum absolute atomic E-state index is 0. The second-order valence-electron chi connectivity index (χ2n) is 4.49. The molecule has 2 rings (SSSR count). The zero-order valence-corrected chi connectivity index (χ0v) is 13.2. The first-order valence-electron chi connectivity index (χ1n) is 5.10. The summed E-state index contributed by atoms with van der Waals surface area (Å²) in [7, 11) is 0. The van der Waals surface area contributed by atoms with Gasteiger partial charge in [0.2, 0.25) is 0 Å². The average molecular weight is 460 g/mol. The van der Waals surface area contributed by atoms with Crippen molar-refractivity contribution in [3.63, 3.8) is 0 Å².